The van der Waals surface area contributed by atoms with Gasteiger partial charge in [-0.25, -0.2) is 4.98 Å². The molecule has 1 aliphatic rings. The summed E-state index contributed by atoms with van der Waals surface area (Å²) in [5.41, 5.74) is 1.10. The van der Waals surface area contributed by atoms with Gasteiger partial charge in [-0.1, -0.05) is 6.07 Å². The monoisotopic (exact) mass is 263 g/mol. The Morgan fingerprint density at radius 2 is 2.26 bits per heavy atom. The van der Waals surface area contributed by atoms with Gasteiger partial charge in [0, 0.05) is 26.2 Å². The fourth-order valence-corrected chi connectivity index (χ4v) is 1.96. The van der Waals surface area contributed by atoms with E-state index in [4.69, 9.17) is 4.74 Å². The summed E-state index contributed by atoms with van der Waals surface area (Å²) in [4.78, 5) is 6.83. The first-order valence-corrected chi connectivity index (χ1v) is 7.24. The molecule has 0 radical (unpaired) electrons. The Labute approximate surface area is 116 Å². The minimum atomic E-state index is 0.819. The van der Waals surface area contributed by atoms with Crippen LogP contribution < -0.4 is 5.32 Å². The van der Waals surface area contributed by atoms with Crippen molar-refractivity contribution in [1.82, 2.24) is 9.88 Å². The van der Waals surface area contributed by atoms with E-state index in [-0.39, 0.29) is 0 Å². The Morgan fingerprint density at radius 3 is 3.00 bits per heavy atom. The largest absolute Gasteiger partial charge is 0.380 e. The molecule has 1 aliphatic carbocycles. The zero-order chi connectivity index (χ0) is 13.5. The van der Waals surface area contributed by atoms with Crippen LogP contribution in [0.4, 0.5) is 5.82 Å². The standard InChI is InChI=1S/C15H25N3O/c1-3-16-15-6-4-5-14(17-15)11-18(2)9-10-19-12-13-7-8-13/h4-6,13H,3,7-12H2,1-2H3,(H,16,17). The number of hydrogen-bond acceptors (Lipinski definition) is 4. The minimum absolute atomic E-state index is 0.819. The van der Waals surface area contributed by atoms with Gasteiger partial charge in [0.2, 0.25) is 0 Å². The molecule has 0 unspecified atom stereocenters. The molecule has 4 heteroatoms. The third-order valence-electron chi connectivity index (χ3n) is 3.26. The summed E-state index contributed by atoms with van der Waals surface area (Å²) >= 11 is 0. The summed E-state index contributed by atoms with van der Waals surface area (Å²) in [5.74, 6) is 1.81. The van der Waals surface area contributed by atoms with Crippen LogP contribution in [0.2, 0.25) is 0 Å². The zero-order valence-corrected chi connectivity index (χ0v) is 12.1. The van der Waals surface area contributed by atoms with Gasteiger partial charge in [0.15, 0.2) is 0 Å². The number of hydrogen-bond donors (Lipinski definition) is 1. The average molecular weight is 263 g/mol. The van der Waals surface area contributed by atoms with Crippen molar-refractivity contribution in [3.05, 3.63) is 23.9 Å². The molecule has 0 aromatic carbocycles. The third-order valence-corrected chi connectivity index (χ3v) is 3.26. The van der Waals surface area contributed by atoms with E-state index in [0.717, 1.165) is 50.3 Å². The van der Waals surface area contributed by atoms with Gasteiger partial charge in [-0.2, -0.15) is 0 Å². The second-order valence-electron chi connectivity index (χ2n) is 5.30. The van der Waals surface area contributed by atoms with Gasteiger partial charge in [-0.15, -0.1) is 0 Å². The van der Waals surface area contributed by atoms with Crippen molar-refractivity contribution in [3.8, 4) is 0 Å². The molecule has 1 saturated carbocycles. The number of rotatable bonds is 9. The molecule has 0 aliphatic heterocycles. The van der Waals surface area contributed by atoms with E-state index in [1.165, 1.54) is 12.8 Å². The van der Waals surface area contributed by atoms with Crippen molar-refractivity contribution in [3.63, 3.8) is 0 Å². The molecule has 0 saturated heterocycles. The molecule has 1 aromatic heterocycles. The van der Waals surface area contributed by atoms with Gasteiger partial charge < -0.3 is 10.1 Å². The molecule has 0 bridgehead atoms. The van der Waals surface area contributed by atoms with Crippen molar-refractivity contribution in [2.24, 2.45) is 5.92 Å². The van der Waals surface area contributed by atoms with E-state index in [2.05, 4.69) is 41.3 Å². The molecule has 1 N–H and O–H groups in total. The number of likely N-dealkylation sites (N-methyl/N-ethyl adjacent to an activating group) is 1. The molecule has 1 heterocycles. The van der Waals surface area contributed by atoms with Gasteiger partial charge in [0.1, 0.15) is 5.82 Å². The molecule has 0 atom stereocenters. The van der Waals surface area contributed by atoms with Gasteiger partial charge in [0.25, 0.3) is 0 Å². The number of aromatic nitrogens is 1. The van der Waals surface area contributed by atoms with E-state index in [0.29, 0.717) is 0 Å². The van der Waals surface area contributed by atoms with Crippen molar-refractivity contribution >= 4 is 5.82 Å². The minimum Gasteiger partial charge on any atom is -0.380 e. The molecular formula is C15H25N3O. The Balaban J connectivity index is 1.67. The predicted octanol–water partition coefficient (Wildman–Crippen LogP) is 2.37. The highest BCUT2D eigenvalue weighted by Crippen LogP contribution is 2.28. The first kappa shape index (κ1) is 14.3. The number of anilines is 1. The zero-order valence-electron chi connectivity index (χ0n) is 12.1. The van der Waals surface area contributed by atoms with Gasteiger partial charge in [0.05, 0.1) is 12.3 Å². The maximum Gasteiger partial charge on any atom is 0.126 e. The quantitative estimate of drug-likeness (QED) is 0.694. The molecular weight excluding hydrogens is 238 g/mol. The Kier molecular flexibility index (Phi) is 5.61. The van der Waals surface area contributed by atoms with Crippen LogP contribution in [0.15, 0.2) is 18.2 Å². The van der Waals surface area contributed by atoms with E-state index >= 15 is 0 Å². The topological polar surface area (TPSA) is 37.4 Å². The Bertz CT molecular complexity index is 379. The molecule has 0 spiro atoms. The first-order valence-electron chi connectivity index (χ1n) is 7.24. The lowest BCUT2D eigenvalue weighted by Gasteiger charge is -2.16. The molecule has 4 nitrogen and oxygen atoms in total. The highest BCUT2D eigenvalue weighted by atomic mass is 16.5. The van der Waals surface area contributed by atoms with Crippen LogP contribution in [0.3, 0.4) is 0 Å². The van der Waals surface area contributed by atoms with E-state index in [1.54, 1.807) is 0 Å². The normalized spacial score (nSPS) is 14.9. The number of pyridine rings is 1. The van der Waals surface area contributed by atoms with Crippen molar-refractivity contribution < 1.29 is 4.74 Å². The van der Waals surface area contributed by atoms with Crippen LogP contribution >= 0.6 is 0 Å². The van der Waals surface area contributed by atoms with Crippen molar-refractivity contribution in [2.45, 2.75) is 26.3 Å². The lowest BCUT2D eigenvalue weighted by molar-refractivity contribution is 0.101. The second-order valence-corrected chi connectivity index (χ2v) is 5.30. The SMILES string of the molecule is CCNc1cccc(CN(C)CCOCC2CC2)n1. The van der Waals surface area contributed by atoms with Crippen LogP contribution in [0.5, 0.6) is 0 Å². The van der Waals surface area contributed by atoms with Gasteiger partial charge in [-0.05, 0) is 44.9 Å². The predicted molar refractivity (Wildman–Crippen MR) is 78.3 cm³/mol. The number of nitrogens with one attached hydrogen (secondary N) is 1. The fraction of sp³-hybridized carbons (Fsp3) is 0.667. The number of ether oxygens (including phenoxy) is 1. The molecule has 1 aromatic rings. The number of nitrogens with zero attached hydrogens (tertiary/aromatic N) is 2. The lowest BCUT2D eigenvalue weighted by atomic mass is 10.3. The van der Waals surface area contributed by atoms with E-state index < -0.39 is 0 Å². The van der Waals surface area contributed by atoms with E-state index in [9.17, 15) is 0 Å². The van der Waals surface area contributed by atoms with E-state index in [1.807, 2.05) is 6.07 Å². The third kappa shape index (κ3) is 5.57. The lowest BCUT2D eigenvalue weighted by Crippen LogP contribution is -2.23. The highest BCUT2D eigenvalue weighted by molar-refractivity contribution is 5.34. The maximum atomic E-state index is 5.65. The van der Waals surface area contributed by atoms with Crippen LogP contribution in [0, 0.1) is 5.92 Å². The summed E-state index contributed by atoms with van der Waals surface area (Å²) in [6.07, 6.45) is 2.72. The second kappa shape index (κ2) is 7.46. The summed E-state index contributed by atoms with van der Waals surface area (Å²) in [6.45, 7) is 6.58. The van der Waals surface area contributed by atoms with Crippen molar-refractivity contribution in [2.75, 3.05) is 38.7 Å². The van der Waals surface area contributed by atoms with Gasteiger partial charge >= 0.3 is 0 Å². The highest BCUT2D eigenvalue weighted by Gasteiger charge is 2.20. The molecule has 1 fully saturated rings. The fourth-order valence-electron chi connectivity index (χ4n) is 1.96. The van der Waals surface area contributed by atoms with Crippen LogP contribution in [-0.4, -0.2) is 43.2 Å². The summed E-state index contributed by atoms with van der Waals surface area (Å²) < 4.78 is 5.65. The molecule has 0 amide bonds. The Hall–Kier alpha value is -1.13. The Morgan fingerprint density at radius 1 is 1.42 bits per heavy atom. The van der Waals surface area contributed by atoms with Crippen LogP contribution in [0.25, 0.3) is 0 Å². The first-order chi connectivity index (χ1) is 9.28. The molecule has 106 valence electrons. The van der Waals surface area contributed by atoms with Crippen molar-refractivity contribution in [1.29, 1.82) is 0 Å². The summed E-state index contributed by atoms with van der Waals surface area (Å²) in [7, 11) is 2.11. The summed E-state index contributed by atoms with van der Waals surface area (Å²) in [5, 5.41) is 3.24. The van der Waals surface area contributed by atoms with Crippen LogP contribution in [-0.2, 0) is 11.3 Å². The molecule has 19 heavy (non-hydrogen) atoms. The maximum absolute atomic E-state index is 5.65. The molecule has 2 rings (SSSR count). The summed E-state index contributed by atoms with van der Waals surface area (Å²) in [6, 6.07) is 6.13. The average Bonchev–Trinajstić information content (AvgIpc) is 3.20. The van der Waals surface area contributed by atoms with Crippen LogP contribution in [0.1, 0.15) is 25.5 Å². The van der Waals surface area contributed by atoms with Gasteiger partial charge in [-0.3, -0.25) is 4.90 Å². The smallest absolute Gasteiger partial charge is 0.126 e.